The Bertz CT molecular complexity index is 590. The number of aromatic nitrogens is 1. The van der Waals surface area contributed by atoms with Gasteiger partial charge in [0.2, 0.25) is 0 Å². The lowest BCUT2D eigenvalue weighted by Crippen LogP contribution is -2.10. The van der Waals surface area contributed by atoms with Crippen LogP contribution in [0.25, 0.3) is 0 Å². The van der Waals surface area contributed by atoms with Crippen molar-refractivity contribution in [1.82, 2.24) is 4.98 Å². The van der Waals surface area contributed by atoms with Crippen LogP contribution in [0.1, 0.15) is 17.2 Å². The van der Waals surface area contributed by atoms with E-state index in [0.717, 1.165) is 16.8 Å². The SMILES string of the molecule is Cc1ccncc1C(C#N)Nc1ccccc1Cl. The summed E-state index contributed by atoms with van der Waals surface area (Å²) >= 11 is 6.07. The van der Waals surface area contributed by atoms with Crippen LogP contribution in [-0.4, -0.2) is 4.98 Å². The van der Waals surface area contributed by atoms with Gasteiger partial charge in [-0.25, -0.2) is 0 Å². The third-order valence-electron chi connectivity index (χ3n) is 2.69. The first kappa shape index (κ1) is 12.4. The van der Waals surface area contributed by atoms with Crippen LogP contribution in [0.15, 0.2) is 42.7 Å². The van der Waals surface area contributed by atoms with Gasteiger partial charge in [0.05, 0.1) is 16.8 Å². The fourth-order valence-corrected chi connectivity index (χ4v) is 1.88. The number of benzene rings is 1. The normalized spacial score (nSPS) is 11.6. The van der Waals surface area contributed by atoms with Gasteiger partial charge in [-0.15, -0.1) is 0 Å². The number of hydrogen-bond donors (Lipinski definition) is 1. The van der Waals surface area contributed by atoms with Crippen molar-refractivity contribution in [3.8, 4) is 6.07 Å². The van der Waals surface area contributed by atoms with E-state index < -0.39 is 6.04 Å². The van der Waals surface area contributed by atoms with Crippen LogP contribution in [0.5, 0.6) is 0 Å². The number of nitrogens with zero attached hydrogens (tertiary/aromatic N) is 2. The predicted molar refractivity (Wildman–Crippen MR) is 72.4 cm³/mol. The monoisotopic (exact) mass is 257 g/mol. The third kappa shape index (κ3) is 2.61. The second-order valence-electron chi connectivity index (χ2n) is 3.92. The summed E-state index contributed by atoms with van der Waals surface area (Å²) in [5.41, 5.74) is 2.63. The Kier molecular flexibility index (Phi) is 3.81. The number of nitrogens with one attached hydrogen (secondary N) is 1. The molecule has 3 nitrogen and oxygen atoms in total. The first-order valence-electron chi connectivity index (χ1n) is 5.53. The molecule has 18 heavy (non-hydrogen) atoms. The molecule has 0 aliphatic carbocycles. The molecule has 0 saturated heterocycles. The first-order valence-corrected chi connectivity index (χ1v) is 5.91. The van der Waals surface area contributed by atoms with Gasteiger partial charge < -0.3 is 5.32 Å². The van der Waals surface area contributed by atoms with Crippen LogP contribution < -0.4 is 5.32 Å². The number of pyridine rings is 1. The average molecular weight is 258 g/mol. The molecular formula is C14H12ClN3. The number of anilines is 1. The van der Waals surface area contributed by atoms with Crippen LogP contribution in [0, 0.1) is 18.3 Å². The predicted octanol–water partition coefficient (Wildman–Crippen LogP) is 3.72. The van der Waals surface area contributed by atoms with Crippen molar-refractivity contribution in [3.05, 3.63) is 58.9 Å². The Morgan fingerprint density at radius 2 is 2.11 bits per heavy atom. The summed E-state index contributed by atoms with van der Waals surface area (Å²) in [5.74, 6) is 0. The molecule has 1 heterocycles. The van der Waals surface area contributed by atoms with E-state index in [0.29, 0.717) is 5.02 Å². The highest BCUT2D eigenvalue weighted by Crippen LogP contribution is 2.26. The average Bonchev–Trinajstić information content (AvgIpc) is 2.39. The van der Waals surface area contributed by atoms with Gasteiger partial charge in [-0.05, 0) is 30.7 Å². The fourth-order valence-electron chi connectivity index (χ4n) is 1.69. The highest BCUT2D eigenvalue weighted by molar-refractivity contribution is 6.33. The van der Waals surface area contributed by atoms with Crippen molar-refractivity contribution in [2.24, 2.45) is 0 Å². The lowest BCUT2D eigenvalue weighted by Gasteiger charge is -2.15. The van der Waals surface area contributed by atoms with Gasteiger partial charge in [-0.3, -0.25) is 4.98 Å². The number of aryl methyl sites for hydroxylation is 1. The van der Waals surface area contributed by atoms with E-state index in [1.54, 1.807) is 18.5 Å². The van der Waals surface area contributed by atoms with Gasteiger partial charge in [0.15, 0.2) is 0 Å². The van der Waals surface area contributed by atoms with Gasteiger partial charge in [0, 0.05) is 18.0 Å². The number of nitriles is 1. The number of halogens is 1. The van der Waals surface area contributed by atoms with E-state index in [2.05, 4.69) is 16.4 Å². The standard InChI is InChI=1S/C14H12ClN3/c1-10-6-7-17-9-11(10)14(8-16)18-13-5-3-2-4-12(13)15/h2-7,9,14,18H,1H3. The Balaban J connectivity index is 2.30. The van der Waals surface area contributed by atoms with E-state index in [1.807, 2.05) is 31.2 Å². The van der Waals surface area contributed by atoms with Crippen molar-refractivity contribution in [1.29, 1.82) is 5.26 Å². The zero-order valence-corrected chi connectivity index (χ0v) is 10.6. The van der Waals surface area contributed by atoms with Crippen molar-refractivity contribution >= 4 is 17.3 Å². The molecule has 1 atom stereocenters. The van der Waals surface area contributed by atoms with Crippen LogP contribution >= 0.6 is 11.6 Å². The van der Waals surface area contributed by atoms with Crippen LogP contribution in [0.2, 0.25) is 5.02 Å². The zero-order chi connectivity index (χ0) is 13.0. The lowest BCUT2D eigenvalue weighted by atomic mass is 10.0. The van der Waals surface area contributed by atoms with Gasteiger partial charge in [0.1, 0.15) is 6.04 Å². The summed E-state index contributed by atoms with van der Waals surface area (Å²) in [7, 11) is 0. The highest BCUT2D eigenvalue weighted by atomic mass is 35.5. The maximum atomic E-state index is 9.27. The molecule has 0 bridgehead atoms. The maximum absolute atomic E-state index is 9.27. The molecule has 2 aromatic rings. The van der Waals surface area contributed by atoms with E-state index in [4.69, 9.17) is 11.6 Å². The molecule has 0 amide bonds. The van der Waals surface area contributed by atoms with Crippen molar-refractivity contribution in [3.63, 3.8) is 0 Å². The second-order valence-corrected chi connectivity index (χ2v) is 4.33. The van der Waals surface area contributed by atoms with Gasteiger partial charge in [-0.2, -0.15) is 5.26 Å². The molecule has 1 aromatic heterocycles. The molecule has 0 spiro atoms. The third-order valence-corrected chi connectivity index (χ3v) is 3.02. The topological polar surface area (TPSA) is 48.7 Å². The summed E-state index contributed by atoms with van der Waals surface area (Å²) < 4.78 is 0. The van der Waals surface area contributed by atoms with E-state index >= 15 is 0 Å². The minimum Gasteiger partial charge on any atom is -0.365 e. The van der Waals surface area contributed by atoms with Crippen molar-refractivity contribution in [2.75, 3.05) is 5.32 Å². The number of rotatable bonds is 3. The quantitative estimate of drug-likeness (QED) is 0.912. The molecule has 1 unspecified atom stereocenters. The van der Waals surface area contributed by atoms with Crippen LogP contribution in [-0.2, 0) is 0 Å². The van der Waals surface area contributed by atoms with E-state index in [9.17, 15) is 5.26 Å². The van der Waals surface area contributed by atoms with Gasteiger partial charge in [0.25, 0.3) is 0 Å². The first-order chi connectivity index (χ1) is 8.72. The molecule has 1 N–H and O–H groups in total. The Morgan fingerprint density at radius 3 is 2.78 bits per heavy atom. The molecule has 0 aliphatic rings. The van der Waals surface area contributed by atoms with E-state index in [1.165, 1.54) is 0 Å². The summed E-state index contributed by atoms with van der Waals surface area (Å²) in [6.45, 7) is 1.95. The minimum atomic E-state index is -0.460. The number of para-hydroxylation sites is 1. The molecule has 0 saturated carbocycles. The summed E-state index contributed by atoms with van der Waals surface area (Å²) in [5, 5.41) is 13.0. The summed E-state index contributed by atoms with van der Waals surface area (Å²) in [6.07, 6.45) is 3.41. The van der Waals surface area contributed by atoms with Crippen molar-refractivity contribution < 1.29 is 0 Å². The highest BCUT2D eigenvalue weighted by Gasteiger charge is 2.13. The number of hydrogen-bond acceptors (Lipinski definition) is 3. The molecule has 2 rings (SSSR count). The fraction of sp³-hybridized carbons (Fsp3) is 0.143. The molecule has 0 fully saturated rings. The van der Waals surface area contributed by atoms with Gasteiger partial charge in [-0.1, -0.05) is 23.7 Å². The van der Waals surface area contributed by atoms with Crippen LogP contribution in [0.4, 0.5) is 5.69 Å². The summed E-state index contributed by atoms with van der Waals surface area (Å²) in [6, 6.07) is 11.0. The zero-order valence-electron chi connectivity index (χ0n) is 9.89. The molecule has 90 valence electrons. The Hall–Kier alpha value is -2.05. The maximum Gasteiger partial charge on any atom is 0.142 e. The molecule has 0 aliphatic heterocycles. The summed E-state index contributed by atoms with van der Waals surface area (Å²) in [4.78, 5) is 4.05. The Morgan fingerprint density at radius 1 is 1.33 bits per heavy atom. The molecule has 4 heteroatoms. The second kappa shape index (κ2) is 5.52. The largest absolute Gasteiger partial charge is 0.365 e. The van der Waals surface area contributed by atoms with E-state index in [-0.39, 0.29) is 0 Å². The smallest absolute Gasteiger partial charge is 0.142 e. The van der Waals surface area contributed by atoms with Crippen molar-refractivity contribution in [2.45, 2.75) is 13.0 Å². The molecule has 0 radical (unpaired) electrons. The molecular weight excluding hydrogens is 246 g/mol. The minimum absolute atomic E-state index is 0.460. The van der Waals surface area contributed by atoms with Crippen LogP contribution in [0.3, 0.4) is 0 Å². The lowest BCUT2D eigenvalue weighted by molar-refractivity contribution is 0.965. The molecule has 1 aromatic carbocycles. The van der Waals surface area contributed by atoms with Gasteiger partial charge >= 0.3 is 0 Å². The Labute approximate surface area is 111 Å².